The van der Waals surface area contributed by atoms with Gasteiger partial charge in [-0.3, -0.25) is 9.80 Å². The number of halogens is 1. The molecule has 0 aromatic heterocycles. The number of rotatable bonds is 7. The second-order valence-electron chi connectivity index (χ2n) is 7.18. The van der Waals surface area contributed by atoms with E-state index in [2.05, 4.69) is 21.9 Å². The number of benzene rings is 2. The van der Waals surface area contributed by atoms with Gasteiger partial charge in [-0.05, 0) is 42.0 Å². The van der Waals surface area contributed by atoms with Crippen molar-refractivity contribution in [3.05, 3.63) is 53.1 Å². The molecule has 0 bridgehead atoms. The Morgan fingerprint density at radius 3 is 2.46 bits per heavy atom. The lowest BCUT2D eigenvalue weighted by Crippen LogP contribution is -2.48. The number of aliphatic hydroxyl groups is 1. The van der Waals surface area contributed by atoms with Crippen molar-refractivity contribution in [1.29, 1.82) is 0 Å². The van der Waals surface area contributed by atoms with Crippen LogP contribution in [0, 0.1) is 0 Å². The Morgan fingerprint density at radius 2 is 1.68 bits per heavy atom. The van der Waals surface area contributed by atoms with Gasteiger partial charge in [0.05, 0.1) is 0 Å². The lowest BCUT2D eigenvalue weighted by molar-refractivity contribution is 0.0446. The number of β-amino-alcohol motifs (C(OH)–C–C–N with tert-alkyl or cyclic N) is 1. The molecule has 0 amide bonds. The predicted octanol–water partition coefficient (Wildman–Crippen LogP) is 2.63. The molecule has 150 valence electrons. The van der Waals surface area contributed by atoms with Gasteiger partial charge >= 0.3 is 0 Å². The molecule has 2 aromatic carbocycles. The quantitative estimate of drug-likeness (QED) is 0.765. The fourth-order valence-electron chi connectivity index (χ4n) is 3.50. The fourth-order valence-corrected chi connectivity index (χ4v) is 3.63. The van der Waals surface area contributed by atoms with Gasteiger partial charge in [0.15, 0.2) is 11.5 Å². The zero-order valence-electron chi connectivity index (χ0n) is 15.7. The topological polar surface area (TPSA) is 54.4 Å². The number of nitrogens with zero attached hydrogens (tertiary/aromatic N) is 2. The maximum Gasteiger partial charge on any atom is 0.231 e. The van der Waals surface area contributed by atoms with Gasteiger partial charge in [0.1, 0.15) is 18.5 Å². The molecular formula is C21H25ClN2O4. The summed E-state index contributed by atoms with van der Waals surface area (Å²) in [7, 11) is 0. The Bertz CT molecular complexity index is 778. The van der Waals surface area contributed by atoms with Gasteiger partial charge in [0, 0.05) is 44.3 Å². The van der Waals surface area contributed by atoms with Crippen LogP contribution in [-0.4, -0.2) is 67.1 Å². The molecular weight excluding hydrogens is 380 g/mol. The van der Waals surface area contributed by atoms with E-state index in [1.807, 2.05) is 18.2 Å². The van der Waals surface area contributed by atoms with Crippen LogP contribution in [0.3, 0.4) is 0 Å². The lowest BCUT2D eigenvalue weighted by Gasteiger charge is -2.35. The first-order chi connectivity index (χ1) is 13.7. The highest BCUT2D eigenvalue weighted by atomic mass is 35.5. The zero-order chi connectivity index (χ0) is 19.3. The minimum atomic E-state index is -0.518. The number of hydrogen-bond acceptors (Lipinski definition) is 6. The Kier molecular flexibility index (Phi) is 6.22. The summed E-state index contributed by atoms with van der Waals surface area (Å²) in [6.45, 7) is 5.91. The molecule has 4 rings (SSSR count). The molecule has 0 unspecified atom stereocenters. The van der Waals surface area contributed by atoms with Gasteiger partial charge in [0.25, 0.3) is 0 Å². The van der Waals surface area contributed by atoms with Crippen molar-refractivity contribution in [2.45, 2.75) is 12.6 Å². The summed E-state index contributed by atoms with van der Waals surface area (Å²) in [5, 5.41) is 10.9. The first kappa shape index (κ1) is 19.3. The minimum absolute atomic E-state index is 0.277. The van der Waals surface area contributed by atoms with Crippen molar-refractivity contribution in [2.75, 3.05) is 46.1 Å². The first-order valence-electron chi connectivity index (χ1n) is 9.55. The summed E-state index contributed by atoms with van der Waals surface area (Å²) in [6.07, 6.45) is -0.518. The normalized spacial score (nSPS) is 18.2. The highest BCUT2D eigenvalue weighted by Gasteiger charge is 2.20. The second-order valence-corrected chi connectivity index (χ2v) is 7.62. The van der Waals surface area contributed by atoms with E-state index in [0.29, 0.717) is 18.4 Å². The molecule has 28 heavy (non-hydrogen) atoms. The van der Waals surface area contributed by atoms with E-state index < -0.39 is 6.10 Å². The number of aliphatic hydroxyl groups excluding tert-OH is 1. The third-order valence-corrected chi connectivity index (χ3v) is 5.29. The average molecular weight is 405 g/mol. The first-order valence-corrected chi connectivity index (χ1v) is 9.93. The summed E-state index contributed by atoms with van der Waals surface area (Å²) in [4.78, 5) is 4.71. The Hall–Kier alpha value is -1.99. The third-order valence-electron chi connectivity index (χ3n) is 5.03. The smallest absolute Gasteiger partial charge is 0.231 e. The molecule has 2 aliphatic rings. The number of fused-ring (bicyclic) bond motifs is 1. The molecule has 0 spiro atoms. The molecule has 2 heterocycles. The number of piperazine rings is 1. The van der Waals surface area contributed by atoms with Crippen molar-refractivity contribution in [3.63, 3.8) is 0 Å². The Balaban J connectivity index is 1.18. The zero-order valence-corrected chi connectivity index (χ0v) is 16.5. The van der Waals surface area contributed by atoms with Crippen LogP contribution in [0.15, 0.2) is 42.5 Å². The summed E-state index contributed by atoms with van der Waals surface area (Å²) < 4.78 is 16.5. The van der Waals surface area contributed by atoms with E-state index in [0.717, 1.165) is 50.0 Å². The van der Waals surface area contributed by atoms with Gasteiger partial charge in [0.2, 0.25) is 6.79 Å². The number of hydrogen-bond donors (Lipinski definition) is 1. The van der Waals surface area contributed by atoms with Gasteiger partial charge in [-0.25, -0.2) is 0 Å². The summed E-state index contributed by atoms with van der Waals surface area (Å²) in [5.74, 6) is 2.38. The lowest BCUT2D eigenvalue weighted by atomic mass is 10.1. The molecule has 1 N–H and O–H groups in total. The maximum absolute atomic E-state index is 10.3. The average Bonchev–Trinajstić information content (AvgIpc) is 3.17. The van der Waals surface area contributed by atoms with Gasteiger partial charge in [-0.1, -0.05) is 17.7 Å². The predicted molar refractivity (Wildman–Crippen MR) is 107 cm³/mol. The van der Waals surface area contributed by atoms with E-state index in [-0.39, 0.29) is 6.61 Å². The van der Waals surface area contributed by atoms with E-state index in [9.17, 15) is 5.11 Å². The SMILES string of the molecule is O[C@@H](COc1ccc(Cl)cc1)CN1CCN(Cc2ccc3c(c2)OCO3)CC1. The van der Waals surface area contributed by atoms with Crippen molar-refractivity contribution in [2.24, 2.45) is 0 Å². The molecule has 1 atom stereocenters. The molecule has 1 saturated heterocycles. The van der Waals surface area contributed by atoms with Crippen LogP contribution in [0.5, 0.6) is 17.2 Å². The van der Waals surface area contributed by atoms with E-state index in [4.69, 9.17) is 25.8 Å². The molecule has 0 aliphatic carbocycles. The maximum atomic E-state index is 10.3. The van der Waals surface area contributed by atoms with Crippen molar-refractivity contribution >= 4 is 11.6 Å². The Labute approximate surface area is 170 Å². The molecule has 1 fully saturated rings. The molecule has 7 heteroatoms. The second kappa shape index (κ2) is 9.01. The van der Waals surface area contributed by atoms with Gasteiger partial charge in [-0.2, -0.15) is 0 Å². The largest absolute Gasteiger partial charge is 0.491 e. The summed E-state index contributed by atoms with van der Waals surface area (Å²) in [6, 6.07) is 13.3. The number of ether oxygens (including phenoxy) is 3. The van der Waals surface area contributed by atoms with Crippen molar-refractivity contribution in [3.8, 4) is 17.2 Å². The van der Waals surface area contributed by atoms with E-state index in [1.54, 1.807) is 12.1 Å². The van der Waals surface area contributed by atoms with Gasteiger partial charge < -0.3 is 19.3 Å². The van der Waals surface area contributed by atoms with Crippen LogP contribution in [0.4, 0.5) is 0 Å². The van der Waals surface area contributed by atoms with Crippen LogP contribution >= 0.6 is 11.6 Å². The highest BCUT2D eigenvalue weighted by molar-refractivity contribution is 6.30. The highest BCUT2D eigenvalue weighted by Crippen LogP contribution is 2.32. The van der Waals surface area contributed by atoms with Gasteiger partial charge in [-0.15, -0.1) is 0 Å². The monoisotopic (exact) mass is 404 g/mol. The third kappa shape index (κ3) is 5.08. The Morgan fingerprint density at radius 1 is 0.964 bits per heavy atom. The molecule has 2 aromatic rings. The molecule has 6 nitrogen and oxygen atoms in total. The summed E-state index contributed by atoms with van der Waals surface area (Å²) >= 11 is 5.86. The summed E-state index contributed by atoms with van der Waals surface area (Å²) in [5.41, 5.74) is 1.23. The minimum Gasteiger partial charge on any atom is -0.491 e. The standard InChI is InChI=1S/C21H25ClN2O4/c22-17-2-4-19(5-3-17)26-14-18(25)13-24-9-7-23(8-10-24)12-16-1-6-20-21(11-16)28-15-27-20/h1-6,11,18,25H,7-10,12-15H2/t18-/m1/s1. The van der Waals surface area contributed by atoms with Crippen molar-refractivity contribution in [1.82, 2.24) is 9.80 Å². The van der Waals surface area contributed by atoms with Crippen LogP contribution < -0.4 is 14.2 Å². The van der Waals surface area contributed by atoms with Crippen LogP contribution in [0.1, 0.15) is 5.56 Å². The van der Waals surface area contributed by atoms with Crippen LogP contribution in [0.25, 0.3) is 0 Å². The van der Waals surface area contributed by atoms with Crippen LogP contribution in [-0.2, 0) is 6.54 Å². The van der Waals surface area contributed by atoms with E-state index >= 15 is 0 Å². The molecule has 0 radical (unpaired) electrons. The van der Waals surface area contributed by atoms with E-state index in [1.165, 1.54) is 5.56 Å². The molecule has 0 saturated carbocycles. The van der Waals surface area contributed by atoms with Crippen LogP contribution in [0.2, 0.25) is 5.02 Å². The van der Waals surface area contributed by atoms with Crippen molar-refractivity contribution < 1.29 is 19.3 Å². The molecule has 2 aliphatic heterocycles. The fraction of sp³-hybridized carbons (Fsp3) is 0.429.